The average molecular weight is 989 g/mol. The average Bonchev–Trinajstić information content (AvgIpc) is 3.66. The van der Waals surface area contributed by atoms with Gasteiger partial charge in [-0.3, -0.25) is 4.79 Å². The highest BCUT2D eigenvalue weighted by molar-refractivity contribution is 5.65. The number of allylic oxidation sites excluding steroid dienone is 2. The molecular weight excluding hydrogens is 905 g/mol. The van der Waals surface area contributed by atoms with E-state index in [1.54, 1.807) is 0 Å². The van der Waals surface area contributed by atoms with Crippen molar-refractivity contribution in [2.24, 2.45) is 45.3 Å². The number of aliphatic hydroxyl groups excluding tert-OH is 11. The Morgan fingerprint density at radius 2 is 1.35 bits per heavy atom. The van der Waals surface area contributed by atoms with E-state index in [2.05, 4.69) is 26.8 Å². The number of ether oxygens (including phenoxy) is 7. The molecule has 7 fully saturated rings. The lowest BCUT2D eigenvalue weighted by Crippen LogP contribution is -2.71. The monoisotopic (exact) mass is 989 g/mol. The third kappa shape index (κ3) is 9.64. The van der Waals surface area contributed by atoms with E-state index in [1.807, 2.05) is 34.6 Å². The number of carbonyl (C=O) groups is 1. The van der Waals surface area contributed by atoms with Gasteiger partial charge in [-0.2, -0.15) is 0 Å². The molecule has 7 aliphatic rings. The Kier molecular flexibility index (Phi) is 16.3. The zero-order valence-corrected chi connectivity index (χ0v) is 42.0. The lowest BCUT2D eigenvalue weighted by molar-refractivity contribution is -0.382. The summed E-state index contributed by atoms with van der Waals surface area (Å²) in [4.78, 5) is 12.0. The lowest BCUT2D eigenvalue weighted by Gasteiger charge is -2.72. The van der Waals surface area contributed by atoms with Gasteiger partial charge in [0.15, 0.2) is 18.9 Å². The molecule has 11 N–H and O–H groups in total. The van der Waals surface area contributed by atoms with E-state index in [9.17, 15) is 61.0 Å². The minimum Gasteiger partial charge on any atom is -0.463 e. The molecule has 0 aromatic heterocycles. The van der Waals surface area contributed by atoms with Crippen LogP contribution in [0.25, 0.3) is 0 Å². The van der Waals surface area contributed by atoms with Gasteiger partial charge in [0, 0.05) is 6.92 Å². The number of esters is 1. The van der Waals surface area contributed by atoms with E-state index in [4.69, 9.17) is 33.2 Å². The minimum atomic E-state index is -1.77. The number of rotatable bonds is 13. The first-order chi connectivity index (χ1) is 32.1. The fraction of sp³-hybridized carbons (Fsp3) is 0.940. The first-order valence-electron chi connectivity index (χ1n) is 25.2. The van der Waals surface area contributed by atoms with Gasteiger partial charge < -0.3 is 89.3 Å². The van der Waals surface area contributed by atoms with Crippen LogP contribution in [-0.2, 0) is 38.0 Å². The third-order valence-electron chi connectivity index (χ3n) is 18.9. The Hall–Kier alpha value is -1.47. The fourth-order valence-electron chi connectivity index (χ4n) is 15.1. The van der Waals surface area contributed by atoms with Crippen LogP contribution in [0.4, 0.5) is 0 Å². The summed E-state index contributed by atoms with van der Waals surface area (Å²) in [6.07, 6.45) is -18.9. The molecule has 3 saturated heterocycles. The van der Waals surface area contributed by atoms with E-state index < -0.39 is 163 Å². The molecule has 19 nitrogen and oxygen atoms in total. The van der Waals surface area contributed by atoms with Gasteiger partial charge in [0.25, 0.3) is 0 Å². The van der Waals surface area contributed by atoms with E-state index >= 15 is 0 Å². The number of aliphatic hydroxyl groups is 11. The van der Waals surface area contributed by atoms with Crippen LogP contribution in [0.15, 0.2) is 11.6 Å². The molecule has 7 rings (SSSR count). The summed E-state index contributed by atoms with van der Waals surface area (Å²) in [6.45, 7) is 18.2. The van der Waals surface area contributed by atoms with Crippen LogP contribution < -0.4 is 0 Å². The topological polar surface area (TPSA) is 304 Å². The predicted octanol–water partition coefficient (Wildman–Crippen LogP) is 0.542. The van der Waals surface area contributed by atoms with Crippen molar-refractivity contribution in [2.75, 3.05) is 13.2 Å². The van der Waals surface area contributed by atoms with Gasteiger partial charge in [0.1, 0.15) is 73.8 Å². The minimum absolute atomic E-state index is 0.108. The molecule has 0 spiro atoms. The van der Waals surface area contributed by atoms with E-state index in [0.29, 0.717) is 51.4 Å². The number of hydrogen-bond acceptors (Lipinski definition) is 19. The van der Waals surface area contributed by atoms with Crippen molar-refractivity contribution < 1.29 is 94.1 Å². The normalized spacial score (nSPS) is 51.6. The summed E-state index contributed by atoms with van der Waals surface area (Å²) >= 11 is 0. The molecule has 3 aliphatic heterocycles. The molecule has 398 valence electrons. The first kappa shape index (κ1) is 55.3. The van der Waals surface area contributed by atoms with Gasteiger partial charge in [0.2, 0.25) is 0 Å². The standard InChI is InChI=1S/C50H84O19/c1-22(2)12-11-15-50(10,69-44-40(62)37(59)34(56)28(20-51)66-44)25-13-17-48(8)32(25)26(53)18-30-47(7)16-14-31(54)46(5,6)42(47)27(19-49(30,48)9)65-45-41(38(60)35(57)29(67-45)21-63-24(4)52)68-43-39(61)36(58)33(55)23(3)64-43/h12,23,25-45,51,53-62H,11,13-21H2,1-10H3/t23-,25-,26+,27-,28+,29+,30+,31-,32-,33+,34+,35+,36-,37-,38-,39-,40+,41+,42-,43-,44-,45+,47+,48+,49+,50-/m0/s1. The van der Waals surface area contributed by atoms with Gasteiger partial charge >= 0.3 is 5.97 Å². The molecule has 0 amide bonds. The molecule has 26 atom stereocenters. The Bertz CT molecular complexity index is 1810. The number of hydrogen-bond donors (Lipinski definition) is 11. The summed E-state index contributed by atoms with van der Waals surface area (Å²) in [6, 6.07) is 0. The summed E-state index contributed by atoms with van der Waals surface area (Å²) in [7, 11) is 0. The maximum absolute atomic E-state index is 12.8. The molecule has 0 aromatic rings. The van der Waals surface area contributed by atoms with Crippen molar-refractivity contribution in [1.29, 1.82) is 0 Å². The Morgan fingerprint density at radius 1 is 0.725 bits per heavy atom. The second-order valence-corrected chi connectivity index (χ2v) is 23.7. The fourth-order valence-corrected chi connectivity index (χ4v) is 15.1. The van der Waals surface area contributed by atoms with Crippen LogP contribution in [0.1, 0.15) is 121 Å². The largest absolute Gasteiger partial charge is 0.463 e. The maximum Gasteiger partial charge on any atom is 0.302 e. The summed E-state index contributed by atoms with van der Waals surface area (Å²) in [5, 5.41) is 123. The SMILES string of the molecule is CC(=O)OC[C@H]1O[C@@H](O[C@H]2C[C@]3(C)[C@H](C[C@@H](O)[C@@H]4[C@@H]([C@](C)(CCC=C(C)C)O[C@@H]5O[C@H](CO)[C@@H](O)[C@H](O)[C@H]5O)CC[C@]43C)[C@@]3(C)CC[C@H](O)C(C)(C)[C@H]23)[C@H](O[C@@H]2O[C@@H](C)[C@@H](O)[C@H](O)[C@@H]2O)[C@@H](O)[C@@H]1O. The second kappa shape index (κ2) is 20.3. The smallest absolute Gasteiger partial charge is 0.302 e. The summed E-state index contributed by atoms with van der Waals surface area (Å²) in [5.41, 5.74) is -2.55. The molecular formula is C50H84O19. The van der Waals surface area contributed by atoms with Crippen LogP contribution >= 0.6 is 0 Å². The van der Waals surface area contributed by atoms with Crippen molar-refractivity contribution in [3.63, 3.8) is 0 Å². The highest BCUT2D eigenvalue weighted by Gasteiger charge is 2.74. The van der Waals surface area contributed by atoms with Crippen molar-refractivity contribution in [3.05, 3.63) is 11.6 Å². The molecule has 4 saturated carbocycles. The van der Waals surface area contributed by atoms with Crippen molar-refractivity contribution >= 4 is 5.97 Å². The zero-order valence-electron chi connectivity index (χ0n) is 42.0. The van der Waals surface area contributed by atoms with E-state index in [-0.39, 0.29) is 17.8 Å². The Labute approximate surface area is 406 Å². The highest BCUT2D eigenvalue weighted by atomic mass is 16.8. The molecule has 0 bridgehead atoms. The first-order valence-corrected chi connectivity index (χ1v) is 25.2. The highest BCUT2D eigenvalue weighted by Crippen LogP contribution is 2.76. The molecule has 0 radical (unpaired) electrons. The third-order valence-corrected chi connectivity index (χ3v) is 18.9. The molecule has 3 heterocycles. The Balaban J connectivity index is 1.28. The maximum atomic E-state index is 12.8. The Morgan fingerprint density at radius 3 is 1.99 bits per heavy atom. The van der Waals surface area contributed by atoms with Crippen molar-refractivity contribution in [3.8, 4) is 0 Å². The van der Waals surface area contributed by atoms with Gasteiger partial charge in [-0.1, -0.05) is 46.3 Å². The second-order valence-electron chi connectivity index (χ2n) is 23.7. The molecule has 4 aliphatic carbocycles. The predicted molar refractivity (Wildman–Crippen MR) is 243 cm³/mol. The van der Waals surface area contributed by atoms with Gasteiger partial charge in [-0.25, -0.2) is 0 Å². The van der Waals surface area contributed by atoms with Crippen molar-refractivity contribution in [2.45, 2.75) is 237 Å². The molecule has 0 aromatic carbocycles. The van der Waals surface area contributed by atoms with E-state index in [0.717, 1.165) is 5.57 Å². The molecule has 19 heteroatoms. The number of fused-ring (bicyclic) bond motifs is 5. The lowest BCUT2D eigenvalue weighted by atomic mass is 9.34. The van der Waals surface area contributed by atoms with Crippen LogP contribution in [0.2, 0.25) is 0 Å². The number of carbonyl (C=O) groups excluding carboxylic acids is 1. The van der Waals surface area contributed by atoms with Crippen LogP contribution in [0.3, 0.4) is 0 Å². The molecule has 0 unspecified atom stereocenters. The van der Waals surface area contributed by atoms with Crippen LogP contribution in [0, 0.1) is 45.3 Å². The van der Waals surface area contributed by atoms with E-state index in [1.165, 1.54) is 13.8 Å². The quantitative estimate of drug-likeness (QED) is 0.0682. The summed E-state index contributed by atoms with van der Waals surface area (Å²) in [5.74, 6) is -1.86. The van der Waals surface area contributed by atoms with Gasteiger partial charge in [0.05, 0.1) is 36.6 Å². The van der Waals surface area contributed by atoms with Gasteiger partial charge in [-0.15, -0.1) is 0 Å². The van der Waals surface area contributed by atoms with Crippen LogP contribution in [0.5, 0.6) is 0 Å². The zero-order chi connectivity index (χ0) is 51.1. The van der Waals surface area contributed by atoms with Gasteiger partial charge in [-0.05, 0) is 124 Å². The van der Waals surface area contributed by atoms with Crippen molar-refractivity contribution in [1.82, 2.24) is 0 Å². The van der Waals surface area contributed by atoms with Crippen LogP contribution in [-0.4, -0.2) is 191 Å². The summed E-state index contributed by atoms with van der Waals surface area (Å²) < 4.78 is 43.7. The molecule has 69 heavy (non-hydrogen) atoms.